The van der Waals surface area contributed by atoms with Crippen molar-refractivity contribution in [2.75, 3.05) is 0 Å². The van der Waals surface area contributed by atoms with Crippen LogP contribution in [-0.4, -0.2) is 29.5 Å². The number of unbranched alkanes of at least 4 members (excludes halogenated alkanes) is 1. The number of aryl methyl sites for hydroxylation is 2. The van der Waals surface area contributed by atoms with Gasteiger partial charge in [-0.1, -0.05) is 36.4 Å². The molecule has 4 aromatic rings. The third-order valence-corrected chi connectivity index (χ3v) is 5.11. The van der Waals surface area contributed by atoms with Crippen LogP contribution in [0.4, 0.5) is 0 Å². The van der Waals surface area contributed by atoms with Crippen molar-refractivity contribution in [3.05, 3.63) is 81.9 Å². The number of hydrogen-bond donors (Lipinski definition) is 2. The van der Waals surface area contributed by atoms with Crippen LogP contribution in [0.1, 0.15) is 24.5 Å². The molecular formula is C20H20N6S2. The Bertz CT molecular complexity index is 1060. The first-order chi connectivity index (χ1) is 13.7. The number of aromatic nitrogens is 6. The maximum Gasteiger partial charge on any atom is 0.199 e. The minimum atomic E-state index is 0.617. The summed E-state index contributed by atoms with van der Waals surface area (Å²) >= 11 is 10.8. The van der Waals surface area contributed by atoms with Crippen LogP contribution in [0.2, 0.25) is 0 Å². The molecule has 28 heavy (non-hydrogen) atoms. The second-order valence-corrected chi connectivity index (χ2v) is 7.21. The number of H-pyrrole nitrogens is 2. The molecule has 8 heteroatoms. The molecule has 0 saturated carbocycles. The zero-order valence-electron chi connectivity index (χ0n) is 15.2. The van der Waals surface area contributed by atoms with Gasteiger partial charge in [0.25, 0.3) is 0 Å². The first kappa shape index (κ1) is 18.5. The van der Waals surface area contributed by atoms with Gasteiger partial charge in [-0.05, 0) is 61.5 Å². The number of hydrogen-bond acceptors (Lipinski definition) is 4. The zero-order valence-corrected chi connectivity index (χ0v) is 16.8. The van der Waals surface area contributed by atoms with Crippen molar-refractivity contribution in [1.82, 2.24) is 29.5 Å². The fourth-order valence-electron chi connectivity index (χ4n) is 3.25. The Morgan fingerprint density at radius 1 is 0.643 bits per heavy atom. The molecule has 4 rings (SSSR count). The summed E-state index contributed by atoms with van der Waals surface area (Å²) in [6.07, 6.45) is 3.61. The Morgan fingerprint density at radius 3 is 1.43 bits per heavy atom. The molecule has 0 bridgehead atoms. The van der Waals surface area contributed by atoms with E-state index in [1.54, 1.807) is 0 Å². The predicted octanol–water partition coefficient (Wildman–Crippen LogP) is 4.74. The van der Waals surface area contributed by atoms with Crippen molar-refractivity contribution >= 4 is 24.4 Å². The Balaban J connectivity index is 1.44. The Kier molecular flexibility index (Phi) is 5.59. The molecule has 0 aliphatic carbocycles. The van der Waals surface area contributed by atoms with E-state index in [2.05, 4.69) is 20.4 Å². The van der Waals surface area contributed by atoms with E-state index in [-0.39, 0.29) is 0 Å². The van der Waals surface area contributed by atoms with Crippen LogP contribution in [0.25, 0.3) is 11.4 Å². The lowest BCUT2D eigenvalue weighted by Crippen LogP contribution is -2.04. The summed E-state index contributed by atoms with van der Waals surface area (Å²) in [7, 11) is 0. The van der Waals surface area contributed by atoms with Crippen molar-refractivity contribution in [1.29, 1.82) is 0 Å². The Labute approximate surface area is 172 Å². The van der Waals surface area contributed by atoms with E-state index in [1.165, 1.54) is 0 Å². The average molecular weight is 409 g/mol. The Hall–Kier alpha value is -2.84. The van der Waals surface area contributed by atoms with Crippen LogP contribution in [0.3, 0.4) is 0 Å². The van der Waals surface area contributed by atoms with E-state index in [1.807, 2.05) is 69.8 Å². The average Bonchev–Trinajstić information content (AvgIpc) is 3.29. The molecule has 0 spiro atoms. The van der Waals surface area contributed by atoms with E-state index >= 15 is 0 Å². The molecule has 0 aliphatic heterocycles. The monoisotopic (exact) mass is 408 g/mol. The van der Waals surface area contributed by atoms with Crippen molar-refractivity contribution in [2.45, 2.75) is 25.7 Å². The topological polar surface area (TPSA) is 67.2 Å². The van der Waals surface area contributed by atoms with Crippen molar-refractivity contribution in [3.63, 3.8) is 0 Å². The lowest BCUT2D eigenvalue weighted by atomic mass is 10.1. The van der Waals surface area contributed by atoms with Gasteiger partial charge in [0.2, 0.25) is 0 Å². The molecule has 0 amide bonds. The van der Waals surface area contributed by atoms with Gasteiger partial charge in [-0.25, -0.2) is 0 Å². The first-order valence-corrected chi connectivity index (χ1v) is 9.99. The number of benzene rings is 2. The molecule has 0 atom stereocenters. The molecule has 0 unspecified atom stereocenters. The highest BCUT2D eigenvalue weighted by molar-refractivity contribution is 7.71. The molecule has 0 saturated heterocycles. The van der Waals surface area contributed by atoms with Gasteiger partial charge in [-0.3, -0.25) is 19.3 Å². The van der Waals surface area contributed by atoms with Crippen LogP contribution in [-0.2, 0) is 12.8 Å². The lowest BCUT2D eigenvalue weighted by Gasteiger charge is -2.08. The summed E-state index contributed by atoms with van der Waals surface area (Å²) in [5.74, 6) is 1.89. The third kappa shape index (κ3) is 3.88. The minimum Gasteiger partial charge on any atom is -0.272 e. The van der Waals surface area contributed by atoms with E-state index in [9.17, 15) is 0 Å². The molecule has 0 radical (unpaired) electrons. The van der Waals surface area contributed by atoms with Crippen molar-refractivity contribution in [3.8, 4) is 11.4 Å². The third-order valence-electron chi connectivity index (χ3n) is 4.56. The molecule has 2 N–H and O–H groups in total. The highest BCUT2D eigenvalue weighted by atomic mass is 32.1. The van der Waals surface area contributed by atoms with E-state index in [0.29, 0.717) is 9.54 Å². The smallest absolute Gasteiger partial charge is 0.199 e. The summed E-state index contributed by atoms with van der Waals surface area (Å²) in [4.78, 5) is 0. The highest BCUT2D eigenvalue weighted by Crippen LogP contribution is 2.15. The van der Waals surface area contributed by atoms with Crippen LogP contribution in [0, 0.1) is 9.54 Å². The Morgan fingerprint density at radius 2 is 1.04 bits per heavy atom. The largest absolute Gasteiger partial charge is 0.272 e. The number of rotatable bonds is 7. The van der Waals surface area contributed by atoms with Crippen LogP contribution in [0.15, 0.2) is 60.7 Å². The number of nitrogens with zero attached hydrogens (tertiary/aromatic N) is 4. The fourth-order valence-corrected chi connectivity index (χ4v) is 3.76. The maximum absolute atomic E-state index is 5.40. The van der Waals surface area contributed by atoms with Gasteiger partial charge in [-0.2, -0.15) is 10.2 Å². The summed E-state index contributed by atoms with van der Waals surface area (Å²) < 4.78 is 5.22. The van der Waals surface area contributed by atoms with Gasteiger partial charge in [0.05, 0.1) is 0 Å². The van der Waals surface area contributed by atoms with Crippen LogP contribution >= 0.6 is 24.4 Å². The lowest BCUT2D eigenvalue weighted by molar-refractivity contribution is 0.670. The summed E-state index contributed by atoms with van der Waals surface area (Å²) in [6, 6.07) is 20.1. The molecular weight excluding hydrogens is 388 g/mol. The second kappa shape index (κ2) is 8.45. The SMILES string of the molecule is S=c1[nH]nc(CCCCc2n[nH]c(=S)n2-c2ccccc2)n1-c1ccccc1. The number of aromatic amines is 2. The van der Waals surface area contributed by atoms with Gasteiger partial charge in [0, 0.05) is 24.2 Å². The van der Waals surface area contributed by atoms with Crippen molar-refractivity contribution in [2.24, 2.45) is 0 Å². The first-order valence-electron chi connectivity index (χ1n) is 9.17. The summed E-state index contributed by atoms with van der Waals surface area (Å²) in [5, 5.41) is 14.6. The van der Waals surface area contributed by atoms with Gasteiger partial charge < -0.3 is 0 Å². The predicted molar refractivity (Wildman–Crippen MR) is 114 cm³/mol. The zero-order chi connectivity index (χ0) is 19.3. The van der Waals surface area contributed by atoms with Gasteiger partial charge in [0.15, 0.2) is 9.54 Å². The maximum atomic E-state index is 5.40. The van der Waals surface area contributed by atoms with Gasteiger partial charge in [0.1, 0.15) is 11.6 Å². The van der Waals surface area contributed by atoms with Crippen LogP contribution in [0.5, 0.6) is 0 Å². The van der Waals surface area contributed by atoms with E-state index in [4.69, 9.17) is 24.4 Å². The molecule has 6 nitrogen and oxygen atoms in total. The van der Waals surface area contributed by atoms with Gasteiger partial charge >= 0.3 is 0 Å². The van der Waals surface area contributed by atoms with Crippen molar-refractivity contribution < 1.29 is 0 Å². The normalized spacial score (nSPS) is 11.0. The molecule has 142 valence electrons. The van der Waals surface area contributed by atoms with Gasteiger partial charge in [-0.15, -0.1) is 0 Å². The molecule has 0 fully saturated rings. The second-order valence-electron chi connectivity index (χ2n) is 6.44. The standard InChI is InChI=1S/C20H20N6S2/c27-19-23-21-17(25(19)15-9-3-1-4-10-15)13-7-8-14-18-22-24-20(28)26(18)16-11-5-2-6-12-16/h1-6,9-12H,7-8,13-14H2,(H,23,27)(H,24,28). The number of nitrogens with one attached hydrogen (secondary N) is 2. The molecule has 2 aromatic heterocycles. The summed E-state index contributed by atoms with van der Waals surface area (Å²) in [6.45, 7) is 0. The van der Waals surface area contributed by atoms with E-state index < -0.39 is 0 Å². The fraction of sp³-hybridized carbons (Fsp3) is 0.200. The quantitative estimate of drug-likeness (QED) is 0.342. The number of para-hydroxylation sites is 2. The highest BCUT2D eigenvalue weighted by Gasteiger charge is 2.10. The summed E-state index contributed by atoms with van der Waals surface area (Å²) in [5.41, 5.74) is 2.06. The minimum absolute atomic E-state index is 0.617. The van der Waals surface area contributed by atoms with E-state index in [0.717, 1.165) is 48.7 Å². The molecule has 2 aromatic carbocycles. The van der Waals surface area contributed by atoms with Crippen LogP contribution < -0.4 is 0 Å². The molecule has 0 aliphatic rings. The molecule has 2 heterocycles.